The predicted octanol–water partition coefficient (Wildman–Crippen LogP) is 18.6. The van der Waals surface area contributed by atoms with E-state index in [1.165, 1.54) is 21.9 Å². The lowest BCUT2D eigenvalue weighted by Crippen LogP contribution is -2.04. The van der Waals surface area contributed by atoms with Gasteiger partial charge in [0, 0.05) is 49.7 Å². The lowest BCUT2D eigenvalue weighted by molar-refractivity contribution is 1.17. The zero-order valence-electron chi connectivity index (χ0n) is 40.0. The van der Waals surface area contributed by atoms with Crippen molar-refractivity contribution in [2.75, 3.05) is 0 Å². The van der Waals surface area contributed by atoms with Crippen LogP contribution in [0.2, 0.25) is 0 Å². The fourth-order valence-electron chi connectivity index (χ4n) is 10.7. The number of hydrogen-bond donors (Lipinski definition) is 0. The van der Waals surface area contributed by atoms with Crippen LogP contribution in [-0.2, 0) is 0 Å². The Morgan fingerprint density at radius 1 is 0.219 bits per heavy atom. The third-order valence-corrected chi connectivity index (χ3v) is 14.0. The first kappa shape index (κ1) is 43.3. The Labute approximate surface area is 425 Å². The number of hydrogen-bond acceptors (Lipinski definition) is 2. The van der Waals surface area contributed by atoms with E-state index < -0.39 is 0 Å². The van der Waals surface area contributed by atoms with Crippen LogP contribution in [0.4, 0.5) is 0 Å². The summed E-state index contributed by atoms with van der Waals surface area (Å²) in [7, 11) is 0. The maximum absolute atomic E-state index is 5.44. The summed E-state index contributed by atoms with van der Waals surface area (Å²) < 4.78 is 2.63. The SMILES string of the molecule is c1ccc(-c2cc(-c3cc(-c4ccccc4)c(-n4c5c(-c6ccccc6)ccc(-c6ccccc6)c5c5c(-c6ccccc6)ccc(-c6ccccc6)c54)c(-c4ccccc4)c3)nc(-c3ccccc3)n2)cc1. The van der Waals surface area contributed by atoms with Crippen LogP contribution >= 0.6 is 0 Å². The monoisotopic (exact) mass is 929 g/mol. The molecule has 0 fully saturated rings. The first-order valence-corrected chi connectivity index (χ1v) is 24.9. The van der Waals surface area contributed by atoms with E-state index >= 15 is 0 Å². The molecular weight excluding hydrogens is 883 g/mol. The summed E-state index contributed by atoms with van der Waals surface area (Å²) in [6, 6.07) is 102. The minimum atomic E-state index is 0.674. The van der Waals surface area contributed by atoms with Crippen molar-refractivity contribution in [1.82, 2.24) is 14.5 Å². The van der Waals surface area contributed by atoms with Crippen molar-refractivity contribution < 1.29 is 0 Å². The molecule has 0 spiro atoms. The van der Waals surface area contributed by atoms with Crippen molar-refractivity contribution in [3.05, 3.63) is 285 Å². The van der Waals surface area contributed by atoms with E-state index in [1.54, 1.807) is 0 Å². The molecule has 0 bridgehead atoms. The van der Waals surface area contributed by atoms with Gasteiger partial charge in [0.2, 0.25) is 0 Å². The number of benzene rings is 11. The smallest absolute Gasteiger partial charge is 0.160 e. The van der Waals surface area contributed by atoms with E-state index in [4.69, 9.17) is 9.97 Å². The van der Waals surface area contributed by atoms with Crippen LogP contribution in [-0.4, -0.2) is 14.5 Å². The number of fused-ring (bicyclic) bond motifs is 3. The average Bonchev–Trinajstić information content (AvgIpc) is 3.84. The van der Waals surface area contributed by atoms with Crippen molar-refractivity contribution in [3.63, 3.8) is 0 Å². The summed E-state index contributed by atoms with van der Waals surface area (Å²) in [6.45, 7) is 0. The molecule has 0 unspecified atom stereocenters. The highest BCUT2D eigenvalue weighted by atomic mass is 15.0. The second kappa shape index (κ2) is 18.9. The quantitative estimate of drug-likeness (QED) is 0.137. The van der Waals surface area contributed by atoms with Gasteiger partial charge in [0.25, 0.3) is 0 Å². The standard InChI is InChI=1S/C70H47N3/c1-9-25-48(26-10-1)57-41-43-59(50-29-13-3-14-30-50)68-65(57)66-58(49-27-11-2-12-28-49)42-44-60(51-31-15-4-16-32-51)69(66)73(68)67-61(52-33-17-5-18-34-52)45-56(46-62(67)53-35-19-6-20-36-53)64-47-63(54-37-21-7-22-38-54)71-70(72-64)55-39-23-8-24-40-55/h1-47H. The summed E-state index contributed by atoms with van der Waals surface area (Å²) in [4.78, 5) is 10.7. The van der Waals surface area contributed by atoms with Gasteiger partial charge in [0.15, 0.2) is 5.82 Å². The van der Waals surface area contributed by atoms with Gasteiger partial charge >= 0.3 is 0 Å². The maximum atomic E-state index is 5.44. The summed E-state index contributed by atoms with van der Waals surface area (Å²) in [5.74, 6) is 0.674. The van der Waals surface area contributed by atoms with Crippen molar-refractivity contribution in [1.29, 1.82) is 0 Å². The Hall–Kier alpha value is -9.70. The minimum Gasteiger partial charge on any atom is -0.307 e. The zero-order valence-corrected chi connectivity index (χ0v) is 40.0. The minimum absolute atomic E-state index is 0.674. The molecule has 342 valence electrons. The number of nitrogens with zero attached hydrogens (tertiary/aromatic N) is 3. The molecule has 3 heteroatoms. The third-order valence-electron chi connectivity index (χ3n) is 14.0. The first-order valence-electron chi connectivity index (χ1n) is 24.9. The second-order valence-electron chi connectivity index (χ2n) is 18.4. The summed E-state index contributed by atoms with van der Waals surface area (Å²) in [6.07, 6.45) is 0. The molecule has 0 radical (unpaired) electrons. The van der Waals surface area contributed by atoms with Gasteiger partial charge in [-0.1, -0.05) is 267 Å². The van der Waals surface area contributed by atoms with Crippen molar-refractivity contribution in [3.8, 4) is 106 Å². The molecule has 2 aromatic heterocycles. The molecule has 0 saturated heterocycles. The highest BCUT2D eigenvalue weighted by Crippen LogP contribution is 2.52. The van der Waals surface area contributed by atoms with Crippen LogP contribution in [0, 0.1) is 0 Å². The molecule has 0 N–H and O–H groups in total. The van der Waals surface area contributed by atoms with Crippen molar-refractivity contribution in [2.45, 2.75) is 0 Å². The largest absolute Gasteiger partial charge is 0.307 e. The molecule has 0 saturated carbocycles. The Kier molecular flexibility index (Phi) is 11.2. The molecule has 0 aliphatic carbocycles. The molecule has 0 atom stereocenters. The van der Waals surface area contributed by atoms with Gasteiger partial charge in [0.05, 0.1) is 28.1 Å². The van der Waals surface area contributed by atoms with Crippen LogP contribution in [0.5, 0.6) is 0 Å². The predicted molar refractivity (Wildman–Crippen MR) is 305 cm³/mol. The Balaban J connectivity index is 1.26. The van der Waals surface area contributed by atoms with E-state index in [-0.39, 0.29) is 0 Å². The molecular formula is C70H47N3. The number of rotatable bonds is 10. The van der Waals surface area contributed by atoms with E-state index in [9.17, 15) is 0 Å². The summed E-state index contributed by atoms with van der Waals surface area (Å²) in [5, 5.41) is 2.38. The van der Waals surface area contributed by atoms with Crippen LogP contribution in [0.15, 0.2) is 285 Å². The van der Waals surface area contributed by atoms with Crippen molar-refractivity contribution >= 4 is 21.8 Å². The second-order valence-corrected chi connectivity index (χ2v) is 18.4. The van der Waals surface area contributed by atoms with E-state index in [0.29, 0.717) is 5.82 Å². The molecule has 73 heavy (non-hydrogen) atoms. The molecule has 0 amide bonds. The Morgan fingerprint density at radius 3 is 0.849 bits per heavy atom. The van der Waals surface area contributed by atoms with Crippen LogP contribution < -0.4 is 0 Å². The molecule has 0 aliphatic heterocycles. The third kappa shape index (κ3) is 8.00. The van der Waals surface area contributed by atoms with Gasteiger partial charge in [-0.05, 0) is 62.7 Å². The van der Waals surface area contributed by atoms with E-state index in [0.717, 1.165) is 100 Å². The van der Waals surface area contributed by atoms with Gasteiger partial charge in [-0.2, -0.15) is 0 Å². The Bertz CT molecular complexity index is 3810. The topological polar surface area (TPSA) is 30.7 Å². The molecule has 13 aromatic rings. The van der Waals surface area contributed by atoms with Crippen LogP contribution in [0.25, 0.3) is 128 Å². The molecule has 0 aliphatic rings. The summed E-state index contributed by atoms with van der Waals surface area (Å²) in [5.41, 5.74) is 21.6. The highest BCUT2D eigenvalue weighted by molar-refractivity contribution is 6.26. The first-order chi connectivity index (χ1) is 36.2. The molecule has 2 heterocycles. The van der Waals surface area contributed by atoms with Gasteiger partial charge in [-0.3, -0.25) is 0 Å². The maximum Gasteiger partial charge on any atom is 0.160 e. The molecule has 11 aromatic carbocycles. The number of aromatic nitrogens is 3. The van der Waals surface area contributed by atoms with Crippen molar-refractivity contribution in [2.24, 2.45) is 0 Å². The summed E-state index contributed by atoms with van der Waals surface area (Å²) >= 11 is 0. The normalized spacial score (nSPS) is 11.3. The zero-order chi connectivity index (χ0) is 48.5. The fraction of sp³-hybridized carbons (Fsp3) is 0. The lowest BCUT2D eigenvalue weighted by Gasteiger charge is -2.23. The molecule has 3 nitrogen and oxygen atoms in total. The fourth-order valence-corrected chi connectivity index (χ4v) is 10.7. The van der Waals surface area contributed by atoms with E-state index in [1.807, 2.05) is 12.1 Å². The van der Waals surface area contributed by atoms with Crippen LogP contribution in [0.3, 0.4) is 0 Å². The van der Waals surface area contributed by atoms with Gasteiger partial charge in [-0.15, -0.1) is 0 Å². The highest BCUT2D eigenvalue weighted by Gasteiger charge is 2.29. The van der Waals surface area contributed by atoms with Gasteiger partial charge < -0.3 is 4.57 Å². The lowest BCUT2D eigenvalue weighted by atomic mass is 9.90. The van der Waals surface area contributed by atoms with Gasteiger partial charge in [0.1, 0.15) is 0 Å². The Morgan fingerprint density at radius 2 is 0.493 bits per heavy atom. The van der Waals surface area contributed by atoms with Gasteiger partial charge in [-0.25, -0.2) is 9.97 Å². The molecule has 13 rings (SSSR count). The van der Waals surface area contributed by atoms with Crippen LogP contribution in [0.1, 0.15) is 0 Å². The average molecular weight is 930 g/mol. The van der Waals surface area contributed by atoms with E-state index in [2.05, 4.69) is 278 Å².